The van der Waals surface area contributed by atoms with Gasteiger partial charge in [0, 0.05) is 6.42 Å². The second kappa shape index (κ2) is 8.33. The molecule has 0 aromatic carbocycles. The van der Waals surface area contributed by atoms with Gasteiger partial charge in [0.25, 0.3) is 0 Å². The molecule has 2 nitrogen and oxygen atoms in total. The van der Waals surface area contributed by atoms with Crippen LogP contribution in [-0.4, -0.2) is 34.2 Å². The standard InChI is InChI=1S/C17H34O2Si2/c1-17(2,3)21(7,8)19-16(12-9-10-14-18)13-11-15-20(4,5)6/h9-10,16,18H,12-14H2,1-8H3/b10-9+/t16-/m0/s1. The molecule has 0 aliphatic heterocycles. The lowest BCUT2D eigenvalue weighted by Crippen LogP contribution is -2.43. The van der Waals surface area contributed by atoms with Crippen molar-refractivity contribution in [2.24, 2.45) is 0 Å². The van der Waals surface area contributed by atoms with Gasteiger partial charge in [0.1, 0.15) is 8.07 Å². The van der Waals surface area contributed by atoms with Crippen molar-refractivity contribution in [2.45, 2.75) is 77.5 Å². The van der Waals surface area contributed by atoms with Gasteiger partial charge in [-0.25, -0.2) is 0 Å². The van der Waals surface area contributed by atoms with Crippen LogP contribution in [0, 0.1) is 11.5 Å². The summed E-state index contributed by atoms with van der Waals surface area (Å²) in [6, 6.07) is 0. The van der Waals surface area contributed by atoms with Crippen molar-refractivity contribution in [3.8, 4) is 11.5 Å². The number of aliphatic hydroxyl groups is 1. The first kappa shape index (κ1) is 20.7. The maximum atomic E-state index is 8.88. The van der Waals surface area contributed by atoms with Crippen molar-refractivity contribution in [1.82, 2.24) is 0 Å². The molecule has 0 aromatic heterocycles. The van der Waals surface area contributed by atoms with Gasteiger partial charge in [0.05, 0.1) is 12.7 Å². The predicted octanol–water partition coefficient (Wildman–Crippen LogP) is 4.59. The zero-order chi connectivity index (χ0) is 16.7. The largest absolute Gasteiger partial charge is 0.413 e. The molecule has 0 amide bonds. The minimum Gasteiger partial charge on any atom is -0.413 e. The van der Waals surface area contributed by atoms with Crippen molar-refractivity contribution in [3.63, 3.8) is 0 Å². The van der Waals surface area contributed by atoms with Crippen LogP contribution in [0.25, 0.3) is 0 Å². The molecule has 0 aromatic rings. The van der Waals surface area contributed by atoms with E-state index in [0.717, 1.165) is 12.8 Å². The first-order valence-corrected chi connectivity index (χ1v) is 14.2. The Labute approximate surface area is 134 Å². The second-order valence-electron chi connectivity index (χ2n) is 8.15. The van der Waals surface area contributed by atoms with E-state index in [4.69, 9.17) is 9.53 Å². The molecule has 0 aliphatic carbocycles. The third-order valence-corrected chi connectivity index (χ3v) is 9.19. The smallest absolute Gasteiger partial charge is 0.192 e. The highest BCUT2D eigenvalue weighted by Crippen LogP contribution is 2.38. The van der Waals surface area contributed by atoms with Crippen molar-refractivity contribution in [2.75, 3.05) is 6.61 Å². The fraction of sp³-hybridized carbons (Fsp3) is 0.765. The summed E-state index contributed by atoms with van der Waals surface area (Å²) in [6.45, 7) is 18.2. The summed E-state index contributed by atoms with van der Waals surface area (Å²) in [5.74, 6) is 3.34. The minimum atomic E-state index is -1.78. The average molecular weight is 327 g/mol. The maximum absolute atomic E-state index is 8.88. The number of aliphatic hydroxyl groups excluding tert-OH is 1. The van der Waals surface area contributed by atoms with E-state index < -0.39 is 16.4 Å². The molecular weight excluding hydrogens is 292 g/mol. The summed E-state index contributed by atoms with van der Waals surface area (Å²) < 4.78 is 6.48. The van der Waals surface area contributed by atoms with E-state index >= 15 is 0 Å². The Kier molecular flexibility index (Phi) is 8.19. The molecule has 1 N–H and O–H groups in total. The van der Waals surface area contributed by atoms with Crippen LogP contribution in [-0.2, 0) is 4.43 Å². The molecule has 4 heteroatoms. The lowest BCUT2D eigenvalue weighted by atomic mass is 10.2. The Hall–Kier alpha value is -0.346. The highest BCUT2D eigenvalue weighted by Gasteiger charge is 2.38. The molecule has 0 saturated heterocycles. The minimum absolute atomic E-state index is 0.0907. The monoisotopic (exact) mass is 326 g/mol. The predicted molar refractivity (Wildman–Crippen MR) is 98.7 cm³/mol. The summed E-state index contributed by atoms with van der Waals surface area (Å²) in [5.41, 5.74) is 3.42. The molecule has 1 atom stereocenters. The van der Waals surface area contributed by atoms with Gasteiger partial charge < -0.3 is 9.53 Å². The molecule has 0 saturated carbocycles. The zero-order valence-electron chi connectivity index (χ0n) is 15.2. The molecule has 0 rings (SSSR count). The van der Waals surface area contributed by atoms with Crippen LogP contribution in [0.3, 0.4) is 0 Å². The second-order valence-corrected chi connectivity index (χ2v) is 17.7. The Morgan fingerprint density at radius 2 is 1.67 bits per heavy atom. The summed E-state index contributed by atoms with van der Waals surface area (Å²) >= 11 is 0. The van der Waals surface area contributed by atoms with E-state index in [1.807, 2.05) is 6.08 Å². The SMILES string of the molecule is CC(C)(C)[Si](C)(C)O[C@H](CC#C[Si](C)(C)C)C/C=C/CO. The Morgan fingerprint density at radius 3 is 2.10 bits per heavy atom. The van der Waals surface area contributed by atoms with Crippen molar-refractivity contribution >= 4 is 16.4 Å². The van der Waals surface area contributed by atoms with E-state index in [1.54, 1.807) is 6.08 Å². The molecule has 0 fully saturated rings. The average Bonchev–Trinajstić information content (AvgIpc) is 2.25. The van der Waals surface area contributed by atoms with Crippen molar-refractivity contribution in [3.05, 3.63) is 12.2 Å². The molecule has 0 radical (unpaired) electrons. The molecule has 21 heavy (non-hydrogen) atoms. The van der Waals surface area contributed by atoms with Crippen LogP contribution in [0.15, 0.2) is 12.2 Å². The third-order valence-electron chi connectivity index (χ3n) is 3.73. The van der Waals surface area contributed by atoms with Crippen LogP contribution in [0.2, 0.25) is 37.8 Å². The first-order chi connectivity index (χ1) is 9.39. The van der Waals surface area contributed by atoms with Gasteiger partial charge in [0.2, 0.25) is 0 Å². The molecule has 0 aliphatic rings. The molecule has 0 unspecified atom stereocenters. The van der Waals surface area contributed by atoms with Crippen LogP contribution >= 0.6 is 0 Å². The summed E-state index contributed by atoms with van der Waals surface area (Å²) in [7, 11) is -3.10. The van der Waals surface area contributed by atoms with Gasteiger partial charge in [-0.1, -0.05) is 52.6 Å². The number of hydrogen-bond acceptors (Lipinski definition) is 2. The van der Waals surface area contributed by atoms with E-state index in [2.05, 4.69) is 65.0 Å². The third kappa shape index (κ3) is 9.31. The molecular formula is C17H34O2Si2. The van der Waals surface area contributed by atoms with Crippen molar-refractivity contribution < 1.29 is 9.53 Å². The molecule has 122 valence electrons. The van der Waals surface area contributed by atoms with Gasteiger partial charge in [-0.2, -0.15) is 0 Å². The van der Waals surface area contributed by atoms with E-state index in [1.165, 1.54) is 0 Å². The van der Waals surface area contributed by atoms with Crippen LogP contribution in [0.1, 0.15) is 33.6 Å². The number of rotatable bonds is 6. The Morgan fingerprint density at radius 1 is 1.10 bits per heavy atom. The lowest BCUT2D eigenvalue weighted by molar-refractivity contribution is 0.188. The topological polar surface area (TPSA) is 29.5 Å². The van der Waals surface area contributed by atoms with E-state index in [9.17, 15) is 0 Å². The molecule has 0 spiro atoms. The van der Waals surface area contributed by atoms with Gasteiger partial charge >= 0.3 is 0 Å². The fourth-order valence-corrected chi connectivity index (χ4v) is 3.52. The Bertz CT molecular complexity index is 390. The lowest BCUT2D eigenvalue weighted by Gasteiger charge is -2.38. The first-order valence-electron chi connectivity index (χ1n) is 7.83. The number of hydrogen-bond donors (Lipinski definition) is 1. The van der Waals surface area contributed by atoms with E-state index in [-0.39, 0.29) is 17.7 Å². The molecule has 0 heterocycles. The van der Waals surface area contributed by atoms with Crippen LogP contribution < -0.4 is 0 Å². The van der Waals surface area contributed by atoms with Crippen LogP contribution in [0.4, 0.5) is 0 Å². The van der Waals surface area contributed by atoms with E-state index in [0.29, 0.717) is 0 Å². The van der Waals surface area contributed by atoms with Gasteiger partial charge in [-0.3, -0.25) is 0 Å². The highest BCUT2D eigenvalue weighted by molar-refractivity contribution is 6.83. The Balaban J connectivity index is 4.89. The van der Waals surface area contributed by atoms with Crippen molar-refractivity contribution in [1.29, 1.82) is 0 Å². The highest BCUT2D eigenvalue weighted by atomic mass is 28.4. The zero-order valence-corrected chi connectivity index (χ0v) is 17.2. The van der Waals surface area contributed by atoms with Crippen LogP contribution in [0.5, 0.6) is 0 Å². The maximum Gasteiger partial charge on any atom is 0.192 e. The summed E-state index contributed by atoms with van der Waals surface area (Å²) in [5, 5.41) is 9.09. The van der Waals surface area contributed by atoms with Gasteiger partial charge in [0.15, 0.2) is 8.32 Å². The van der Waals surface area contributed by atoms with Gasteiger partial charge in [-0.15, -0.1) is 11.5 Å². The normalized spacial score (nSPS) is 14.9. The summed E-state index contributed by atoms with van der Waals surface area (Å²) in [6.07, 6.45) is 5.54. The fourth-order valence-electron chi connectivity index (χ4n) is 1.52. The molecule has 0 bridgehead atoms. The quantitative estimate of drug-likeness (QED) is 0.439. The summed E-state index contributed by atoms with van der Waals surface area (Å²) in [4.78, 5) is 0. The van der Waals surface area contributed by atoms with Gasteiger partial charge in [-0.05, 0) is 24.6 Å².